The predicted octanol–water partition coefficient (Wildman–Crippen LogP) is 1.71. The number of carbonyl (C=O) groups is 1. The van der Waals surface area contributed by atoms with E-state index in [0.717, 1.165) is 10.8 Å². The summed E-state index contributed by atoms with van der Waals surface area (Å²) in [6.07, 6.45) is 0. The third kappa shape index (κ3) is 2.89. The molecule has 0 bridgehead atoms. The summed E-state index contributed by atoms with van der Waals surface area (Å²) in [5, 5.41) is 12.1. The van der Waals surface area contributed by atoms with Crippen molar-refractivity contribution in [1.82, 2.24) is 0 Å². The number of carbonyl (C=O) groups excluding carboxylic acids is 1. The summed E-state index contributed by atoms with van der Waals surface area (Å²) in [6, 6.07) is 11.0. The SMILES string of the molecule is COCC(=O)Nc1cccc2ccc(C(=N)N)cc12. The zero-order valence-electron chi connectivity index (χ0n) is 10.6. The van der Waals surface area contributed by atoms with E-state index in [4.69, 9.17) is 15.9 Å². The van der Waals surface area contributed by atoms with Crippen LogP contribution in [0.25, 0.3) is 10.8 Å². The van der Waals surface area contributed by atoms with Crippen LogP contribution in [0.1, 0.15) is 5.56 Å². The van der Waals surface area contributed by atoms with Crippen LogP contribution in [0.3, 0.4) is 0 Å². The van der Waals surface area contributed by atoms with Crippen molar-refractivity contribution in [2.75, 3.05) is 19.0 Å². The van der Waals surface area contributed by atoms with E-state index in [9.17, 15) is 4.79 Å². The Morgan fingerprint density at radius 3 is 2.84 bits per heavy atom. The fraction of sp³-hybridized carbons (Fsp3) is 0.143. The van der Waals surface area contributed by atoms with Crippen molar-refractivity contribution < 1.29 is 9.53 Å². The summed E-state index contributed by atoms with van der Waals surface area (Å²) in [4.78, 5) is 11.6. The number of amidine groups is 1. The van der Waals surface area contributed by atoms with Crippen molar-refractivity contribution in [1.29, 1.82) is 5.41 Å². The molecule has 98 valence electrons. The molecule has 0 atom stereocenters. The van der Waals surface area contributed by atoms with E-state index in [1.165, 1.54) is 7.11 Å². The van der Waals surface area contributed by atoms with Crippen LogP contribution in [0.5, 0.6) is 0 Å². The molecular formula is C14H15N3O2. The lowest BCUT2D eigenvalue weighted by molar-refractivity contribution is -0.119. The second-order valence-corrected chi connectivity index (χ2v) is 4.14. The summed E-state index contributed by atoms with van der Waals surface area (Å²) < 4.78 is 4.78. The first kappa shape index (κ1) is 13.0. The van der Waals surface area contributed by atoms with Gasteiger partial charge in [-0.3, -0.25) is 10.2 Å². The zero-order valence-corrected chi connectivity index (χ0v) is 10.6. The van der Waals surface area contributed by atoms with Gasteiger partial charge in [-0.2, -0.15) is 0 Å². The summed E-state index contributed by atoms with van der Waals surface area (Å²) >= 11 is 0. The third-order valence-electron chi connectivity index (χ3n) is 2.74. The van der Waals surface area contributed by atoms with Crippen molar-refractivity contribution in [3.8, 4) is 0 Å². The van der Waals surface area contributed by atoms with Gasteiger partial charge in [0.2, 0.25) is 5.91 Å². The molecule has 0 fully saturated rings. The second kappa shape index (κ2) is 5.49. The lowest BCUT2D eigenvalue weighted by atomic mass is 10.0. The molecule has 0 spiro atoms. The number of nitrogen functional groups attached to an aromatic ring is 1. The number of nitrogens with two attached hydrogens (primary N) is 1. The van der Waals surface area contributed by atoms with Gasteiger partial charge in [0.25, 0.3) is 0 Å². The van der Waals surface area contributed by atoms with Crippen LogP contribution < -0.4 is 11.1 Å². The van der Waals surface area contributed by atoms with Gasteiger partial charge in [-0.1, -0.05) is 24.3 Å². The molecular weight excluding hydrogens is 242 g/mol. The molecule has 2 aromatic carbocycles. The van der Waals surface area contributed by atoms with E-state index in [1.54, 1.807) is 18.2 Å². The largest absolute Gasteiger partial charge is 0.384 e. The minimum absolute atomic E-state index is 0.0000730. The van der Waals surface area contributed by atoms with Crippen molar-refractivity contribution in [2.45, 2.75) is 0 Å². The summed E-state index contributed by atoms with van der Waals surface area (Å²) in [5.41, 5.74) is 6.79. The standard InChI is InChI=1S/C14H15N3O2/c1-19-8-13(18)17-12-4-2-3-9-5-6-10(14(15)16)7-11(9)12/h2-7H,8H2,1H3,(H3,15,16)(H,17,18). The Morgan fingerprint density at radius 2 is 2.16 bits per heavy atom. The number of benzene rings is 2. The molecule has 0 aliphatic heterocycles. The highest BCUT2D eigenvalue weighted by molar-refractivity contribution is 6.06. The van der Waals surface area contributed by atoms with Gasteiger partial charge >= 0.3 is 0 Å². The number of ether oxygens (including phenoxy) is 1. The predicted molar refractivity (Wildman–Crippen MR) is 75.5 cm³/mol. The van der Waals surface area contributed by atoms with Gasteiger partial charge in [-0.25, -0.2) is 0 Å². The van der Waals surface area contributed by atoms with E-state index in [1.807, 2.05) is 18.2 Å². The highest BCUT2D eigenvalue weighted by Gasteiger charge is 2.07. The molecule has 19 heavy (non-hydrogen) atoms. The average Bonchev–Trinajstić information content (AvgIpc) is 2.38. The molecule has 0 aliphatic carbocycles. The maximum absolute atomic E-state index is 11.6. The van der Waals surface area contributed by atoms with Gasteiger partial charge < -0.3 is 15.8 Å². The molecule has 0 saturated heterocycles. The number of hydrogen-bond donors (Lipinski definition) is 3. The molecule has 0 saturated carbocycles. The smallest absolute Gasteiger partial charge is 0.250 e. The van der Waals surface area contributed by atoms with Gasteiger partial charge in [0.05, 0.1) is 0 Å². The van der Waals surface area contributed by atoms with Gasteiger partial charge in [-0.15, -0.1) is 0 Å². The fourth-order valence-corrected chi connectivity index (χ4v) is 1.87. The Morgan fingerprint density at radius 1 is 1.37 bits per heavy atom. The highest BCUT2D eigenvalue weighted by Crippen LogP contribution is 2.24. The van der Waals surface area contributed by atoms with Gasteiger partial charge in [-0.05, 0) is 17.5 Å². The first-order valence-corrected chi connectivity index (χ1v) is 5.78. The lowest BCUT2D eigenvalue weighted by Crippen LogP contribution is -2.17. The molecule has 2 rings (SSSR count). The summed E-state index contributed by atoms with van der Waals surface area (Å²) in [6.45, 7) is 0.00276. The van der Waals surface area contributed by atoms with Crippen LogP contribution in [0.2, 0.25) is 0 Å². The maximum atomic E-state index is 11.6. The van der Waals surface area contributed by atoms with Crippen molar-refractivity contribution in [3.05, 3.63) is 42.0 Å². The maximum Gasteiger partial charge on any atom is 0.250 e. The van der Waals surface area contributed by atoms with Crippen LogP contribution in [-0.2, 0) is 9.53 Å². The Balaban J connectivity index is 2.45. The van der Waals surface area contributed by atoms with Gasteiger partial charge in [0.15, 0.2) is 0 Å². The first-order valence-electron chi connectivity index (χ1n) is 5.78. The molecule has 4 N–H and O–H groups in total. The topological polar surface area (TPSA) is 88.2 Å². The van der Waals surface area contributed by atoms with E-state index in [0.29, 0.717) is 11.3 Å². The van der Waals surface area contributed by atoms with E-state index in [-0.39, 0.29) is 18.3 Å². The molecule has 5 heteroatoms. The Bertz CT molecular complexity index is 638. The second-order valence-electron chi connectivity index (χ2n) is 4.14. The first-order chi connectivity index (χ1) is 9.11. The molecule has 0 radical (unpaired) electrons. The molecule has 0 aliphatic rings. The van der Waals surface area contributed by atoms with Gasteiger partial charge in [0.1, 0.15) is 12.4 Å². The number of hydrogen-bond acceptors (Lipinski definition) is 3. The van der Waals surface area contributed by atoms with Crippen LogP contribution in [0, 0.1) is 5.41 Å². The lowest BCUT2D eigenvalue weighted by Gasteiger charge is -2.09. The number of nitrogens with one attached hydrogen (secondary N) is 2. The minimum atomic E-state index is -0.219. The molecule has 2 aromatic rings. The number of rotatable bonds is 4. The van der Waals surface area contributed by atoms with Crippen molar-refractivity contribution in [2.24, 2.45) is 5.73 Å². The number of fused-ring (bicyclic) bond motifs is 1. The van der Waals surface area contributed by atoms with Crippen molar-refractivity contribution in [3.63, 3.8) is 0 Å². The fourth-order valence-electron chi connectivity index (χ4n) is 1.87. The highest BCUT2D eigenvalue weighted by atomic mass is 16.5. The summed E-state index contributed by atoms with van der Waals surface area (Å²) in [7, 11) is 1.47. The Kier molecular flexibility index (Phi) is 3.77. The molecule has 0 unspecified atom stereocenters. The molecule has 0 aromatic heterocycles. The summed E-state index contributed by atoms with van der Waals surface area (Å²) in [5.74, 6) is -0.219. The van der Waals surface area contributed by atoms with Gasteiger partial charge in [0, 0.05) is 23.7 Å². The zero-order chi connectivity index (χ0) is 13.8. The number of amides is 1. The molecule has 1 amide bonds. The quantitative estimate of drug-likeness (QED) is 0.575. The Hall–Kier alpha value is -2.40. The minimum Gasteiger partial charge on any atom is -0.384 e. The van der Waals surface area contributed by atoms with Crippen LogP contribution in [0.15, 0.2) is 36.4 Å². The number of anilines is 1. The average molecular weight is 257 g/mol. The monoisotopic (exact) mass is 257 g/mol. The third-order valence-corrected chi connectivity index (χ3v) is 2.74. The number of methoxy groups -OCH3 is 1. The normalized spacial score (nSPS) is 10.4. The van der Waals surface area contributed by atoms with Crippen LogP contribution >= 0.6 is 0 Å². The van der Waals surface area contributed by atoms with E-state index in [2.05, 4.69) is 5.32 Å². The Labute approximate surface area is 110 Å². The van der Waals surface area contributed by atoms with Crippen LogP contribution in [0.4, 0.5) is 5.69 Å². The van der Waals surface area contributed by atoms with Crippen LogP contribution in [-0.4, -0.2) is 25.5 Å². The molecule has 0 heterocycles. The van der Waals surface area contributed by atoms with E-state index >= 15 is 0 Å². The van der Waals surface area contributed by atoms with Crippen molar-refractivity contribution >= 4 is 28.2 Å². The van der Waals surface area contributed by atoms with E-state index < -0.39 is 0 Å². The molecule has 5 nitrogen and oxygen atoms in total.